The molecule has 1 saturated heterocycles. The quantitative estimate of drug-likeness (QED) is 0.824. The van der Waals surface area contributed by atoms with Gasteiger partial charge in [0.25, 0.3) is 0 Å². The summed E-state index contributed by atoms with van der Waals surface area (Å²) in [4.78, 5) is 12.8. The van der Waals surface area contributed by atoms with Crippen LogP contribution in [0.5, 0.6) is 0 Å². The van der Waals surface area contributed by atoms with E-state index in [2.05, 4.69) is 6.92 Å². The summed E-state index contributed by atoms with van der Waals surface area (Å²) in [5.41, 5.74) is 1.76. The minimum Gasteiger partial charge on any atom is -0.399 e. The summed E-state index contributed by atoms with van der Waals surface area (Å²) in [6.45, 7) is 12.1. The van der Waals surface area contributed by atoms with Crippen LogP contribution < -0.4 is 5.46 Å². The average Bonchev–Trinajstić information content (AvgIpc) is 2.77. The summed E-state index contributed by atoms with van der Waals surface area (Å²) in [6, 6.07) is 6.05. The van der Waals surface area contributed by atoms with Gasteiger partial charge >= 0.3 is 7.12 Å². The molecule has 1 aliphatic heterocycles. The molecule has 1 saturated carbocycles. The van der Waals surface area contributed by atoms with Gasteiger partial charge in [0, 0.05) is 12.3 Å². The first kappa shape index (κ1) is 20.6. The molecule has 148 valence electrons. The van der Waals surface area contributed by atoms with E-state index < -0.39 is 12.7 Å². The Labute approximate surface area is 163 Å². The van der Waals surface area contributed by atoms with Gasteiger partial charge < -0.3 is 14.4 Å². The molecule has 0 unspecified atom stereocenters. The van der Waals surface area contributed by atoms with Crippen molar-refractivity contribution in [3.63, 3.8) is 0 Å². The molecule has 2 fully saturated rings. The summed E-state index contributed by atoms with van der Waals surface area (Å²) in [5, 5.41) is 10.1. The summed E-state index contributed by atoms with van der Waals surface area (Å²) in [6.07, 6.45) is 3.41. The molecule has 0 bridgehead atoms. The van der Waals surface area contributed by atoms with Crippen LogP contribution >= 0.6 is 0 Å². The normalized spacial score (nSPS) is 29.7. The van der Waals surface area contributed by atoms with E-state index in [0.717, 1.165) is 29.4 Å². The Kier molecular flexibility index (Phi) is 5.35. The molecule has 0 aromatic heterocycles. The lowest BCUT2D eigenvalue weighted by Gasteiger charge is -2.32. The molecule has 1 heterocycles. The fraction of sp³-hybridized carbons (Fsp3) is 0.682. The lowest BCUT2D eigenvalue weighted by Crippen LogP contribution is -2.41. The highest BCUT2D eigenvalue weighted by atomic mass is 16.7. The molecule has 0 radical (unpaired) electrons. The van der Waals surface area contributed by atoms with E-state index in [-0.39, 0.29) is 22.9 Å². The highest BCUT2D eigenvalue weighted by Crippen LogP contribution is 2.37. The maximum atomic E-state index is 12.8. The second-order valence-electron chi connectivity index (χ2n) is 9.63. The molecule has 5 heteroatoms. The van der Waals surface area contributed by atoms with Crippen molar-refractivity contribution in [2.45, 2.75) is 90.4 Å². The van der Waals surface area contributed by atoms with Gasteiger partial charge in [0.1, 0.15) is 5.78 Å². The third-order valence-corrected chi connectivity index (χ3v) is 6.88. The molecule has 2 aliphatic rings. The van der Waals surface area contributed by atoms with E-state index in [1.54, 1.807) is 0 Å². The van der Waals surface area contributed by atoms with Gasteiger partial charge in [0.2, 0.25) is 0 Å². The zero-order chi connectivity index (χ0) is 20.0. The van der Waals surface area contributed by atoms with Gasteiger partial charge in [-0.15, -0.1) is 0 Å². The molecular formula is C22H33BO4. The molecule has 1 aliphatic carbocycles. The Hall–Kier alpha value is -1.17. The summed E-state index contributed by atoms with van der Waals surface area (Å²) >= 11 is 0. The number of hydrogen-bond acceptors (Lipinski definition) is 4. The first-order chi connectivity index (χ1) is 12.4. The second kappa shape index (κ2) is 7.02. The van der Waals surface area contributed by atoms with Gasteiger partial charge in [-0.25, -0.2) is 0 Å². The molecule has 1 aromatic carbocycles. The molecule has 0 amide bonds. The van der Waals surface area contributed by atoms with E-state index in [9.17, 15) is 9.90 Å². The molecule has 0 spiro atoms. The van der Waals surface area contributed by atoms with Crippen molar-refractivity contribution in [2.75, 3.05) is 0 Å². The average molecular weight is 372 g/mol. The van der Waals surface area contributed by atoms with E-state index in [1.165, 1.54) is 0 Å². The standard InChI is InChI=1S/C22H33BO4/c1-15-17(14-19(24)16-10-12-22(6,25)13-11-16)8-7-9-18(15)23-26-20(2,3)21(4,5)27-23/h7-9,16,25H,10-14H2,1-6H3. The van der Waals surface area contributed by atoms with Crippen molar-refractivity contribution in [3.05, 3.63) is 29.3 Å². The molecule has 0 atom stereocenters. The van der Waals surface area contributed by atoms with Crippen LogP contribution in [0, 0.1) is 12.8 Å². The van der Waals surface area contributed by atoms with Gasteiger partial charge in [-0.05, 0) is 83.8 Å². The molecule has 4 nitrogen and oxygen atoms in total. The van der Waals surface area contributed by atoms with Crippen LogP contribution in [-0.2, 0) is 20.5 Å². The van der Waals surface area contributed by atoms with Crippen molar-refractivity contribution in [3.8, 4) is 0 Å². The number of hydrogen-bond donors (Lipinski definition) is 1. The largest absolute Gasteiger partial charge is 0.495 e. The van der Waals surface area contributed by atoms with E-state index >= 15 is 0 Å². The minimum atomic E-state index is -0.608. The minimum absolute atomic E-state index is 0.0603. The van der Waals surface area contributed by atoms with Crippen LogP contribution in [0.25, 0.3) is 0 Å². The van der Waals surface area contributed by atoms with Crippen LogP contribution in [0.1, 0.15) is 71.4 Å². The third kappa shape index (κ3) is 4.15. The van der Waals surface area contributed by atoms with Crippen molar-refractivity contribution in [1.29, 1.82) is 0 Å². The van der Waals surface area contributed by atoms with Gasteiger partial charge in [-0.3, -0.25) is 4.79 Å². The number of Topliss-reactive ketones (excluding diaryl/α,β-unsaturated/α-hetero) is 1. The smallest absolute Gasteiger partial charge is 0.399 e. The number of carbonyl (C=O) groups is 1. The van der Waals surface area contributed by atoms with Gasteiger partial charge in [-0.2, -0.15) is 0 Å². The lowest BCUT2D eigenvalue weighted by atomic mass is 9.73. The molecular weight excluding hydrogens is 339 g/mol. The number of rotatable bonds is 4. The van der Waals surface area contributed by atoms with Crippen molar-refractivity contribution >= 4 is 18.4 Å². The highest BCUT2D eigenvalue weighted by Gasteiger charge is 2.52. The second-order valence-corrected chi connectivity index (χ2v) is 9.63. The summed E-state index contributed by atoms with van der Waals surface area (Å²) < 4.78 is 12.4. The van der Waals surface area contributed by atoms with Crippen LogP contribution in [0.3, 0.4) is 0 Å². The first-order valence-electron chi connectivity index (χ1n) is 10.1. The SMILES string of the molecule is Cc1c(CC(=O)C2CCC(C)(O)CC2)cccc1B1OC(C)(C)C(C)(C)O1. The maximum Gasteiger partial charge on any atom is 0.495 e. The van der Waals surface area contributed by atoms with E-state index in [0.29, 0.717) is 19.3 Å². The predicted octanol–water partition coefficient (Wildman–Crippen LogP) is 3.35. The monoisotopic (exact) mass is 372 g/mol. The third-order valence-electron chi connectivity index (χ3n) is 6.88. The van der Waals surface area contributed by atoms with E-state index in [1.807, 2.05) is 52.8 Å². The summed E-state index contributed by atoms with van der Waals surface area (Å²) in [5.74, 6) is 0.338. The van der Waals surface area contributed by atoms with Gasteiger partial charge in [0.15, 0.2) is 0 Å². The van der Waals surface area contributed by atoms with Crippen molar-refractivity contribution < 1.29 is 19.2 Å². The number of benzene rings is 1. The lowest BCUT2D eigenvalue weighted by molar-refractivity contribution is -0.124. The number of ketones is 1. The highest BCUT2D eigenvalue weighted by molar-refractivity contribution is 6.62. The zero-order valence-corrected chi connectivity index (χ0v) is 17.6. The van der Waals surface area contributed by atoms with Crippen LogP contribution in [-0.4, -0.2) is 34.8 Å². The summed E-state index contributed by atoms with van der Waals surface area (Å²) in [7, 11) is -0.408. The molecule has 3 rings (SSSR count). The Morgan fingerprint density at radius 2 is 1.67 bits per heavy atom. The van der Waals surface area contributed by atoms with Crippen LogP contribution in [0.4, 0.5) is 0 Å². The Balaban J connectivity index is 1.73. The molecule has 1 N–H and O–H groups in total. The Morgan fingerprint density at radius 1 is 1.11 bits per heavy atom. The predicted molar refractivity (Wildman–Crippen MR) is 108 cm³/mol. The maximum absolute atomic E-state index is 12.8. The first-order valence-corrected chi connectivity index (χ1v) is 10.1. The fourth-order valence-electron chi connectivity index (χ4n) is 4.01. The molecule has 27 heavy (non-hydrogen) atoms. The molecule has 1 aromatic rings. The van der Waals surface area contributed by atoms with Crippen molar-refractivity contribution in [2.24, 2.45) is 5.92 Å². The fourth-order valence-corrected chi connectivity index (χ4v) is 4.01. The van der Waals surface area contributed by atoms with Crippen molar-refractivity contribution in [1.82, 2.24) is 0 Å². The van der Waals surface area contributed by atoms with Crippen LogP contribution in [0.2, 0.25) is 0 Å². The Morgan fingerprint density at radius 3 is 2.22 bits per heavy atom. The van der Waals surface area contributed by atoms with E-state index in [4.69, 9.17) is 9.31 Å². The van der Waals surface area contributed by atoms with Crippen LogP contribution in [0.15, 0.2) is 18.2 Å². The number of aliphatic hydroxyl groups is 1. The topological polar surface area (TPSA) is 55.8 Å². The van der Waals surface area contributed by atoms with Gasteiger partial charge in [0.05, 0.1) is 16.8 Å². The van der Waals surface area contributed by atoms with Gasteiger partial charge in [-0.1, -0.05) is 18.2 Å². The zero-order valence-electron chi connectivity index (χ0n) is 17.6. The Bertz CT molecular complexity index is 697. The number of carbonyl (C=O) groups excluding carboxylic acids is 1.